The van der Waals surface area contributed by atoms with Crippen LogP contribution in [-0.4, -0.2) is 30.3 Å². The third-order valence-corrected chi connectivity index (χ3v) is 2.89. The van der Waals surface area contributed by atoms with Crippen molar-refractivity contribution in [3.63, 3.8) is 0 Å². The van der Waals surface area contributed by atoms with Crippen LogP contribution in [0.1, 0.15) is 6.92 Å². The molecule has 102 valence electrons. The number of aliphatic hydroxyl groups excluding tert-OH is 1. The van der Waals surface area contributed by atoms with Crippen LogP contribution in [0, 0.1) is 11.8 Å². The molecule has 1 aromatic carbocycles. The van der Waals surface area contributed by atoms with Crippen molar-refractivity contribution in [2.45, 2.75) is 13.0 Å². The van der Waals surface area contributed by atoms with Gasteiger partial charge in [0.25, 0.3) is 5.91 Å². The van der Waals surface area contributed by atoms with Gasteiger partial charge in [-0.25, -0.2) is 0 Å². The van der Waals surface area contributed by atoms with Gasteiger partial charge in [0.2, 0.25) is 0 Å². The predicted molar refractivity (Wildman–Crippen MR) is 74.4 cm³/mol. The lowest BCUT2D eigenvalue weighted by atomic mass is 10.3. The van der Waals surface area contributed by atoms with Gasteiger partial charge in [0, 0.05) is 6.54 Å². The molecule has 4 nitrogen and oxygen atoms in total. The van der Waals surface area contributed by atoms with Crippen molar-refractivity contribution < 1.29 is 14.6 Å². The molecule has 0 radical (unpaired) electrons. The van der Waals surface area contributed by atoms with E-state index >= 15 is 0 Å². The van der Waals surface area contributed by atoms with Crippen molar-refractivity contribution in [3.8, 4) is 17.6 Å². The van der Waals surface area contributed by atoms with Gasteiger partial charge < -0.3 is 15.2 Å². The van der Waals surface area contributed by atoms with E-state index in [2.05, 4.69) is 17.2 Å². The summed E-state index contributed by atoms with van der Waals surface area (Å²) in [6.07, 6.45) is -0.863. The zero-order chi connectivity index (χ0) is 14.3. The van der Waals surface area contributed by atoms with Crippen LogP contribution in [0.25, 0.3) is 0 Å². The molecule has 6 heteroatoms. The number of amides is 1. The molecule has 19 heavy (non-hydrogen) atoms. The molecule has 1 aromatic rings. The second-order valence-electron chi connectivity index (χ2n) is 3.60. The zero-order valence-electron chi connectivity index (χ0n) is 10.2. The van der Waals surface area contributed by atoms with Crippen molar-refractivity contribution >= 4 is 29.1 Å². The first kappa shape index (κ1) is 15.6. The number of rotatable bonds is 5. The molecule has 0 heterocycles. The fourth-order valence-corrected chi connectivity index (χ4v) is 1.56. The van der Waals surface area contributed by atoms with Gasteiger partial charge in [0.1, 0.15) is 23.5 Å². The van der Waals surface area contributed by atoms with Crippen LogP contribution in [0.5, 0.6) is 5.75 Å². The van der Waals surface area contributed by atoms with Crippen LogP contribution in [0.3, 0.4) is 0 Å². The summed E-state index contributed by atoms with van der Waals surface area (Å²) in [5, 5.41) is 12.7. The Morgan fingerprint density at radius 3 is 2.95 bits per heavy atom. The monoisotopic (exact) mass is 301 g/mol. The van der Waals surface area contributed by atoms with Crippen LogP contribution in [0.15, 0.2) is 18.2 Å². The van der Waals surface area contributed by atoms with Crippen molar-refractivity contribution in [1.82, 2.24) is 5.32 Å². The second kappa shape index (κ2) is 7.90. The number of halogens is 2. The molecule has 1 atom stereocenters. The van der Waals surface area contributed by atoms with Crippen molar-refractivity contribution in [2.75, 3.05) is 13.2 Å². The van der Waals surface area contributed by atoms with E-state index in [1.54, 1.807) is 25.1 Å². The summed E-state index contributed by atoms with van der Waals surface area (Å²) in [6, 6.07) is 4.97. The third kappa shape index (κ3) is 5.39. The highest BCUT2D eigenvalue weighted by Crippen LogP contribution is 2.31. The van der Waals surface area contributed by atoms with E-state index in [-0.39, 0.29) is 18.2 Å². The van der Waals surface area contributed by atoms with E-state index in [1.807, 2.05) is 0 Å². The number of hydrogen-bond donors (Lipinski definition) is 2. The summed E-state index contributed by atoms with van der Waals surface area (Å²) in [5.41, 5.74) is 0. The Morgan fingerprint density at radius 2 is 2.26 bits per heavy atom. The van der Waals surface area contributed by atoms with E-state index in [0.29, 0.717) is 10.8 Å². The maximum absolute atomic E-state index is 11.0. The van der Waals surface area contributed by atoms with Crippen molar-refractivity contribution in [1.29, 1.82) is 0 Å². The van der Waals surface area contributed by atoms with E-state index in [0.717, 1.165) is 0 Å². The number of hydrogen-bond acceptors (Lipinski definition) is 3. The first-order chi connectivity index (χ1) is 9.04. The molecular weight excluding hydrogens is 289 g/mol. The van der Waals surface area contributed by atoms with Crippen LogP contribution in [0.2, 0.25) is 10.0 Å². The largest absolute Gasteiger partial charge is 0.489 e. The van der Waals surface area contributed by atoms with E-state index < -0.39 is 12.0 Å². The highest BCUT2D eigenvalue weighted by molar-refractivity contribution is 6.42. The van der Waals surface area contributed by atoms with E-state index in [1.165, 1.54) is 0 Å². The normalized spacial score (nSPS) is 11.2. The lowest BCUT2D eigenvalue weighted by molar-refractivity contribution is -0.116. The number of benzene rings is 1. The van der Waals surface area contributed by atoms with Crippen LogP contribution >= 0.6 is 23.2 Å². The van der Waals surface area contributed by atoms with Gasteiger partial charge in [0.15, 0.2) is 0 Å². The van der Waals surface area contributed by atoms with Gasteiger partial charge in [-0.15, -0.1) is 0 Å². The Hall–Kier alpha value is -1.41. The maximum atomic E-state index is 11.0. The Balaban J connectivity index is 2.41. The van der Waals surface area contributed by atoms with Crippen molar-refractivity contribution in [3.05, 3.63) is 28.2 Å². The lowest BCUT2D eigenvalue weighted by Gasteiger charge is -2.13. The number of carbonyl (C=O) groups excluding carboxylic acids is 1. The molecule has 0 saturated heterocycles. The number of aliphatic hydroxyl groups is 1. The quantitative estimate of drug-likeness (QED) is 0.816. The highest BCUT2D eigenvalue weighted by Gasteiger charge is 2.10. The number of nitrogens with one attached hydrogen (secondary N) is 1. The zero-order valence-corrected chi connectivity index (χ0v) is 11.8. The topological polar surface area (TPSA) is 58.6 Å². The van der Waals surface area contributed by atoms with Crippen LogP contribution in [-0.2, 0) is 4.79 Å². The van der Waals surface area contributed by atoms with Gasteiger partial charge in [-0.3, -0.25) is 4.79 Å². The molecule has 0 aromatic heterocycles. The average Bonchev–Trinajstić information content (AvgIpc) is 2.38. The van der Waals surface area contributed by atoms with Gasteiger partial charge in [-0.05, 0) is 25.0 Å². The van der Waals surface area contributed by atoms with Gasteiger partial charge in [0.05, 0.1) is 5.02 Å². The standard InChI is InChI=1S/C13H13Cl2NO3/c1-2-4-12(18)16-7-9(17)8-19-11-6-3-5-10(14)13(11)15/h3,5-6,9,17H,7-8H2,1H3,(H,16,18). The molecule has 0 aliphatic heterocycles. The van der Waals surface area contributed by atoms with E-state index in [4.69, 9.17) is 27.9 Å². The number of ether oxygens (including phenoxy) is 1. The molecule has 1 rings (SSSR count). The maximum Gasteiger partial charge on any atom is 0.295 e. The fourth-order valence-electron chi connectivity index (χ4n) is 1.21. The summed E-state index contributed by atoms with van der Waals surface area (Å²) in [5.74, 6) is 4.70. The van der Waals surface area contributed by atoms with Gasteiger partial charge in [-0.2, -0.15) is 0 Å². The lowest BCUT2D eigenvalue weighted by Crippen LogP contribution is -2.34. The SMILES string of the molecule is CC#CC(=O)NCC(O)COc1cccc(Cl)c1Cl. The predicted octanol–water partition coefficient (Wildman–Crippen LogP) is 1.87. The molecule has 0 aliphatic carbocycles. The molecule has 0 spiro atoms. The molecule has 0 saturated carbocycles. The molecule has 0 aliphatic rings. The minimum Gasteiger partial charge on any atom is -0.489 e. The molecule has 1 unspecified atom stereocenters. The van der Waals surface area contributed by atoms with Gasteiger partial charge in [-0.1, -0.05) is 35.2 Å². The molecule has 2 N–H and O–H groups in total. The summed E-state index contributed by atoms with van der Waals surface area (Å²) in [6.45, 7) is 1.59. The Kier molecular flexibility index (Phi) is 6.51. The Labute approximate surface area is 121 Å². The van der Waals surface area contributed by atoms with E-state index in [9.17, 15) is 9.90 Å². The highest BCUT2D eigenvalue weighted by atomic mass is 35.5. The molecular formula is C13H13Cl2NO3. The van der Waals surface area contributed by atoms with Crippen LogP contribution < -0.4 is 10.1 Å². The summed E-state index contributed by atoms with van der Waals surface area (Å²) in [7, 11) is 0. The minimum absolute atomic E-state index is 0.0140. The van der Waals surface area contributed by atoms with Crippen LogP contribution in [0.4, 0.5) is 0 Å². The second-order valence-corrected chi connectivity index (χ2v) is 4.39. The molecule has 1 amide bonds. The Bertz CT molecular complexity index is 508. The third-order valence-electron chi connectivity index (χ3n) is 2.08. The number of carbonyl (C=O) groups is 1. The summed E-state index contributed by atoms with van der Waals surface area (Å²) in [4.78, 5) is 11.0. The first-order valence-electron chi connectivity index (χ1n) is 5.50. The summed E-state index contributed by atoms with van der Waals surface area (Å²) < 4.78 is 5.32. The van der Waals surface area contributed by atoms with Gasteiger partial charge >= 0.3 is 0 Å². The molecule has 0 bridgehead atoms. The Morgan fingerprint density at radius 1 is 1.53 bits per heavy atom. The molecule has 0 fully saturated rings. The summed E-state index contributed by atoms with van der Waals surface area (Å²) >= 11 is 11.7. The smallest absolute Gasteiger partial charge is 0.295 e. The fraction of sp³-hybridized carbons (Fsp3) is 0.308. The first-order valence-corrected chi connectivity index (χ1v) is 6.25. The minimum atomic E-state index is -0.863. The average molecular weight is 302 g/mol. The van der Waals surface area contributed by atoms with Crippen molar-refractivity contribution in [2.24, 2.45) is 0 Å².